The quantitative estimate of drug-likeness (QED) is 0.436. The standard InChI is InChI=1S/C22H20/c1(3-5-9-15-21-17-11-7-12-18-21)2-4-6-10-16-22-19-13-8-14-20-22/h1-20H/q-1/b3-1+,6-4+,15-9+,16-10+. The van der Waals surface area contributed by atoms with Gasteiger partial charge in [-0.05, 0) is 12.0 Å². The fraction of sp³-hybridized carbons (Fsp3) is 0. The Bertz CT molecular complexity index is 628. The fourth-order valence-electron chi connectivity index (χ4n) is 1.85. The van der Waals surface area contributed by atoms with Crippen LogP contribution >= 0.6 is 0 Å². The van der Waals surface area contributed by atoms with Gasteiger partial charge >= 0.3 is 0 Å². The van der Waals surface area contributed by atoms with Gasteiger partial charge in [-0.2, -0.15) is 30.7 Å². The molecule has 0 aliphatic carbocycles. The Balaban J connectivity index is 1.63. The average Bonchev–Trinajstić information content (AvgIpc) is 2.58. The molecular formula is C22H20-. The summed E-state index contributed by atoms with van der Waals surface area (Å²) in [5.74, 6) is 0. The van der Waals surface area contributed by atoms with E-state index in [4.69, 9.17) is 0 Å². The molecule has 0 amide bonds. The third-order valence-corrected chi connectivity index (χ3v) is 2.95. The zero-order chi connectivity index (χ0) is 15.3. The maximum absolute atomic E-state index is 2.09. The summed E-state index contributed by atoms with van der Waals surface area (Å²) in [7, 11) is 0. The van der Waals surface area contributed by atoms with E-state index in [-0.39, 0.29) is 0 Å². The van der Waals surface area contributed by atoms with E-state index in [1.807, 2.05) is 85.7 Å². The van der Waals surface area contributed by atoms with Crippen molar-refractivity contribution in [3.8, 4) is 0 Å². The highest BCUT2D eigenvalue weighted by Crippen LogP contribution is 2.02. The second kappa shape index (κ2) is 10.1. The van der Waals surface area contributed by atoms with Crippen molar-refractivity contribution in [2.24, 2.45) is 0 Å². The van der Waals surface area contributed by atoms with E-state index in [1.54, 1.807) is 0 Å². The minimum atomic E-state index is 1.21. The molecule has 2 aromatic rings. The molecule has 2 rings (SSSR count). The van der Waals surface area contributed by atoms with Crippen molar-refractivity contribution in [1.29, 1.82) is 0 Å². The second-order valence-corrected chi connectivity index (χ2v) is 4.69. The van der Waals surface area contributed by atoms with Gasteiger partial charge in [0, 0.05) is 0 Å². The molecule has 0 aliphatic heterocycles. The minimum Gasteiger partial charge on any atom is -0.175 e. The molecule has 0 atom stereocenters. The van der Waals surface area contributed by atoms with Crippen molar-refractivity contribution in [3.05, 3.63) is 121 Å². The summed E-state index contributed by atoms with van der Waals surface area (Å²) in [6.07, 6.45) is 20.4. The van der Waals surface area contributed by atoms with Gasteiger partial charge in [-0.25, -0.2) is 0 Å². The highest BCUT2D eigenvalue weighted by Gasteiger charge is 1.79. The molecule has 0 fully saturated rings. The third-order valence-electron chi connectivity index (χ3n) is 2.95. The maximum Gasteiger partial charge on any atom is -0.0257 e. The lowest BCUT2D eigenvalue weighted by Gasteiger charge is -1.95. The molecule has 0 spiro atoms. The van der Waals surface area contributed by atoms with Gasteiger partial charge in [-0.1, -0.05) is 90.5 Å². The maximum atomic E-state index is 2.09. The van der Waals surface area contributed by atoms with Crippen molar-refractivity contribution < 1.29 is 0 Å². The molecular weight excluding hydrogens is 264 g/mol. The first-order valence-electron chi connectivity index (χ1n) is 7.40. The minimum absolute atomic E-state index is 1.21. The highest BCUT2D eigenvalue weighted by atomic mass is 13.9. The van der Waals surface area contributed by atoms with Crippen LogP contribution in [0.25, 0.3) is 12.2 Å². The van der Waals surface area contributed by atoms with Gasteiger partial charge in [-0.15, -0.1) is 0 Å². The average molecular weight is 284 g/mol. The fourth-order valence-corrected chi connectivity index (χ4v) is 1.85. The van der Waals surface area contributed by atoms with Crippen LogP contribution in [0.1, 0.15) is 11.1 Å². The molecule has 0 unspecified atom stereocenters. The van der Waals surface area contributed by atoms with Crippen LogP contribution in [0.4, 0.5) is 0 Å². The van der Waals surface area contributed by atoms with E-state index < -0.39 is 0 Å². The predicted octanol–water partition coefficient (Wildman–Crippen LogP) is 5.93. The molecule has 109 valence electrons. The summed E-state index contributed by atoms with van der Waals surface area (Å²) in [4.78, 5) is 0. The van der Waals surface area contributed by atoms with Crippen LogP contribution < -0.4 is 0 Å². The predicted molar refractivity (Wildman–Crippen MR) is 97.8 cm³/mol. The normalized spacial score (nSPS) is 12.0. The first-order valence-corrected chi connectivity index (χ1v) is 7.40. The molecule has 0 heteroatoms. The van der Waals surface area contributed by atoms with E-state index in [1.165, 1.54) is 11.1 Å². The van der Waals surface area contributed by atoms with Gasteiger partial charge in [0.25, 0.3) is 0 Å². The number of rotatable bonds is 7. The summed E-state index contributed by atoms with van der Waals surface area (Å²) in [6, 6.07) is 20.5. The van der Waals surface area contributed by atoms with Crippen molar-refractivity contribution in [2.75, 3.05) is 0 Å². The van der Waals surface area contributed by atoms with Crippen LogP contribution in [0.3, 0.4) is 0 Å². The van der Waals surface area contributed by atoms with Crippen LogP contribution in [0.5, 0.6) is 0 Å². The monoisotopic (exact) mass is 284 g/mol. The van der Waals surface area contributed by atoms with Crippen molar-refractivity contribution in [3.63, 3.8) is 0 Å². The molecule has 0 saturated carbocycles. The van der Waals surface area contributed by atoms with Gasteiger partial charge < -0.3 is 0 Å². The SMILES string of the molecule is [CH](/C=C/C=C/c1ccccc1)/C=C/[CH-]/C=C/c1ccccc1. The topological polar surface area (TPSA) is 0 Å². The van der Waals surface area contributed by atoms with Gasteiger partial charge in [-0.3, -0.25) is 0 Å². The molecule has 0 aliphatic rings. The number of hydrogen-bond donors (Lipinski definition) is 0. The van der Waals surface area contributed by atoms with E-state index in [0.717, 1.165) is 0 Å². The smallest absolute Gasteiger partial charge is 0.0257 e. The Hall–Kier alpha value is -2.73. The van der Waals surface area contributed by atoms with Gasteiger partial charge in [0.15, 0.2) is 0 Å². The molecule has 0 bridgehead atoms. The molecule has 0 N–H and O–H groups in total. The first-order chi connectivity index (χ1) is 10.9. The third kappa shape index (κ3) is 6.62. The number of benzene rings is 2. The van der Waals surface area contributed by atoms with Crippen molar-refractivity contribution in [2.45, 2.75) is 0 Å². The van der Waals surface area contributed by atoms with Crippen LogP contribution in [0.15, 0.2) is 97.1 Å². The Labute approximate surface area is 133 Å². The van der Waals surface area contributed by atoms with E-state index in [2.05, 4.69) is 36.4 Å². The Morgan fingerprint density at radius 2 is 1.18 bits per heavy atom. The largest absolute Gasteiger partial charge is 0.175 e. The summed E-state index contributed by atoms with van der Waals surface area (Å²) in [6.45, 7) is 0. The summed E-state index contributed by atoms with van der Waals surface area (Å²) >= 11 is 0. The number of allylic oxidation sites excluding steroid dienone is 6. The number of hydrogen-bond acceptors (Lipinski definition) is 0. The first kappa shape index (κ1) is 15.7. The summed E-state index contributed by atoms with van der Waals surface area (Å²) in [5, 5.41) is 0. The lowest BCUT2D eigenvalue weighted by atomic mass is 10.2. The van der Waals surface area contributed by atoms with E-state index in [9.17, 15) is 0 Å². The second-order valence-electron chi connectivity index (χ2n) is 4.69. The van der Waals surface area contributed by atoms with Gasteiger partial charge in [0.1, 0.15) is 0 Å². The zero-order valence-corrected chi connectivity index (χ0v) is 12.5. The molecule has 1 radical (unpaired) electrons. The van der Waals surface area contributed by atoms with Crippen LogP contribution in [-0.4, -0.2) is 0 Å². The summed E-state index contributed by atoms with van der Waals surface area (Å²) < 4.78 is 0. The van der Waals surface area contributed by atoms with E-state index >= 15 is 0 Å². The molecule has 22 heavy (non-hydrogen) atoms. The lowest BCUT2D eigenvalue weighted by molar-refractivity contribution is 1.64. The lowest BCUT2D eigenvalue weighted by Crippen LogP contribution is -1.69. The zero-order valence-electron chi connectivity index (χ0n) is 12.5. The van der Waals surface area contributed by atoms with Crippen LogP contribution in [0, 0.1) is 12.8 Å². The van der Waals surface area contributed by atoms with Gasteiger partial charge in [0.2, 0.25) is 0 Å². The summed E-state index contributed by atoms with van der Waals surface area (Å²) in [5.41, 5.74) is 2.42. The molecule has 2 aromatic carbocycles. The van der Waals surface area contributed by atoms with Crippen LogP contribution in [-0.2, 0) is 0 Å². The molecule has 0 saturated heterocycles. The van der Waals surface area contributed by atoms with Gasteiger partial charge in [0.05, 0.1) is 0 Å². The molecule has 0 heterocycles. The Kier molecular flexibility index (Phi) is 7.16. The van der Waals surface area contributed by atoms with Crippen molar-refractivity contribution in [1.82, 2.24) is 0 Å². The Morgan fingerprint density at radius 1 is 0.545 bits per heavy atom. The molecule has 0 aromatic heterocycles. The van der Waals surface area contributed by atoms with E-state index in [0.29, 0.717) is 0 Å². The highest BCUT2D eigenvalue weighted by molar-refractivity contribution is 5.51. The van der Waals surface area contributed by atoms with Crippen molar-refractivity contribution >= 4 is 12.2 Å². The van der Waals surface area contributed by atoms with Crippen LogP contribution in [0.2, 0.25) is 0 Å². The Morgan fingerprint density at radius 3 is 1.86 bits per heavy atom. The molecule has 0 nitrogen and oxygen atoms in total.